The zero-order valence-corrected chi connectivity index (χ0v) is 21.1. The lowest BCUT2D eigenvalue weighted by molar-refractivity contribution is 0.0463. The second-order valence-corrected chi connectivity index (χ2v) is 11.8. The number of hydrogen-bond acceptors (Lipinski definition) is 8. The number of anilines is 1. The van der Waals surface area contributed by atoms with Crippen molar-refractivity contribution in [3.63, 3.8) is 0 Å². The third-order valence-electron chi connectivity index (χ3n) is 5.34. The molecule has 0 bridgehead atoms. The van der Waals surface area contributed by atoms with E-state index in [2.05, 4.69) is 10.3 Å². The first-order valence-electron chi connectivity index (χ1n) is 11.1. The quantitative estimate of drug-likeness (QED) is 0.416. The van der Waals surface area contributed by atoms with Crippen LogP contribution in [0.4, 0.5) is 5.13 Å². The van der Waals surface area contributed by atoms with Gasteiger partial charge >= 0.3 is 5.97 Å². The predicted octanol–water partition coefficient (Wildman–Crippen LogP) is 3.98. The van der Waals surface area contributed by atoms with Crippen LogP contribution in [-0.2, 0) is 14.8 Å². The van der Waals surface area contributed by atoms with Crippen LogP contribution < -0.4 is 5.32 Å². The van der Waals surface area contributed by atoms with Crippen molar-refractivity contribution < 1.29 is 22.7 Å². The maximum atomic E-state index is 13.0. The van der Waals surface area contributed by atoms with Crippen LogP contribution in [0.3, 0.4) is 0 Å². The lowest BCUT2D eigenvalue weighted by Gasteiger charge is -2.30. The van der Waals surface area contributed by atoms with Gasteiger partial charge in [0.2, 0.25) is 10.0 Å². The molecule has 1 saturated heterocycles. The average molecular weight is 494 g/mol. The summed E-state index contributed by atoms with van der Waals surface area (Å²) in [5, 5.41) is 3.38. The standard InChI is InChI=1S/C23H31N3O5S2/c1-15(2)14-31-22(28)21-17(4)25-23(32-21)24-12-20(27)18-8-5-9-19(11-18)33(29,30)26-10-6-7-16(3)13-26/h5,8-9,11,15-16H,6-7,10,12-14H2,1-4H3,(H,24,25). The van der Waals surface area contributed by atoms with Crippen LogP contribution >= 0.6 is 11.3 Å². The van der Waals surface area contributed by atoms with E-state index in [4.69, 9.17) is 4.74 Å². The van der Waals surface area contributed by atoms with Crippen molar-refractivity contribution >= 4 is 38.2 Å². The number of nitrogens with one attached hydrogen (secondary N) is 1. The summed E-state index contributed by atoms with van der Waals surface area (Å²) >= 11 is 1.13. The highest BCUT2D eigenvalue weighted by atomic mass is 32.2. The molecule has 1 aromatic heterocycles. The molecule has 0 aliphatic carbocycles. The number of aryl methyl sites for hydroxylation is 1. The van der Waals surface area contributed by atoms with E-state index < -0.39 is 16.0 Å². The van der Waals surface area contributed by atoms with Gasteiger partial charge in [0.1, 0.15) is 4.88 Å². The number of piperidine rings is 1. The van der Waals surface area contributed by atoms with Crippen molar-refractivity contribution in [1.82, 2.24) is 9.29 Å². The Balaban J connectivity index is 1.66. The molecule has 2 aromatic rings. The molecule has 1 atom stereocenters. The van der Waals surface area contributed by atoms with Crippen LogP contribution in [0.1, 0.15) is 59.3 Å². The topological polar surface area (TPSA) is 106 Å². The molecule has 1 aliphatic heterocycles. The summed E-state index contributed by atoms with van der Waals surface area (Å²) in [5.41, 5.74) is 0.839. The minimum absolute atomic E-state index is 0.0717. The van der Waals surface area contributed by atoms with Crippen LogP contribution in [0.25, 0.3) is 0 Å². The highest BCUT2D eigenvalue weighted by Crippen LogP contribution is 2.25. The molecule has 3 rings (SSSR count). The smallest absolute Gasteiger partial charge is 0.350 e. The normalized spacial score (nSPS) is 17.2. The first-order valence-corrected chi connectivity index (χ1v) is 13.4. The number of ether oxygens (including phenoxy) is 1. The molecule has 33 heavy (non-hydrogen) atoms. The summed E-state index contributed by atoms with van der Waals surface area (Å²) in [6.45, 7) is 8.92. The molecule has 0 radical (unpaired) electrons. The third-order valence-corrected chi connectivity index (χ3v) is 8.30. The van der Waals surface area contributed by atoms with E-state index in [1.807, 2.05) is 20.8 Å². The van der Waals surface area contributed by atoms with Crippen molar-refractivity contribution in [3.05, 3.63) is 40.4 Å². The summed E-state index contributed by atoms with van der Waals surface area (Å²) in [5.74, 6) is -0.147. The molecule has 180 valence electrons. The summed E-state index contributed by atoms with van der Waals surface area (Å²) in [4.78, 5) is 29.8. The van der Waals surface area contributed by atoms with E-state index in [-0.39, 0.29) is 23.1 Å². The number of carbonyl (C=O) groups is 2. The van der Waals surface area contributed by atoms with Gasteiger partial charge in [-0.15, -0.1) is 0 Å². The third kappa shape index (κ3) is 6.39. The Bertz CT molecular complexity index is 1110. The van der Waals surface area contributed by atoms with E-state index >= 15 is 0 Å². The Morgan fingerprint density at radius 1 is 1.33 bits per heavy atom. The summed E-state index contributed by atoms with van der Waals surface area (Å²) in [6, 6.07) is 6.14. The van der Waals surface area contributed by atoms with Crippen LogP contribution in [0.5, 0.6) is 0 Å². The Kier molecular flexibility index (Phi) is 8.25. The molecule has 8 nitrogen and oxygen atoms in total. The van der Waals surface area contributed by atoms with Crippen molar-refractivity contribution in [2.24, 2.45) is 11.8 Å². The van der Waals surface area contributed by atoms with Crippen molar-refractivity contribution in [2.75, 3.05) is 31.6 Å². The zero-order chi connectivity index (χ0) is 24.2. The summed E-state index contributed by atoms with van der Waals surface area (Å²) < 4.78 is 32.8. The molecular formula is C23H31N3O5S2. The number of nitrogens with zero attached hydrogens (tertiary/aromatic N) is 2. The molecule has 10 heteroatoms. The van der Waals surface area contributed by atoms with E-state index in [1.54, 1.807) is 19.1 Å². The second-order valence-electron chi connectivity index (χ2n) is 8.84. The molecule has 1 aromatic carbocycles. The molecule has 1 aliphatic rings. The van der Waals surface area contributed by atoms with Gasteiger partial charge < -0.3 is 10.1 Å². The fraction of sp³-hybridized carbons (Fsp3) is 0.522. The zero-order valence-electron chi connectivity index (χ0n) is 19.5. The van der Waals surface area contributed by atoms with Crippen molar-refractivity contribution in [2.45, 2.75) is 45.4 Å². The first kappa shape index (κ1) is 25.3. The predicted molar refractivity (Wildman–Crippen MR) is 128 cm³/mol. The summed E-state index contributed by atoms with van der Waals surface area (Å²) in [7, 11) is -3.64. The number of esters is 1. The average Bonchev–Trinajstić information content (AvgIpc) is 3.16. The van der Waals surface area contributed by atoms with Crippen molar-refractivity contribution in [1.29, 1.82) is 0 Å². The Labute approximate surface area is 199 Å². The maximum absolute atomic E-state index is 13.0. The molecule has 2 heterocycles. The van der Waals surface area contributed by atoms with Crippen LogP contribution in [0.2, 0.25) is 0 Å². The van der Waals surface area contributed by atoms with Gasteiger partial charge in [0.05, 0.1) is 23.7 Å². The largest absolute Gasteiger partial charge is 0.461 e. The van der Waals surface area contributed by atoms with E-state index in [1.165, 1.54) is 16.4 Å². The number of benzene rings is 1. The lowest BCUT2D eigenvalue weighted by atomic mass is 10.0. The van der Waals surface area contributed by atoms with Crippen LogP contribution in [0.15, 0.2) is 29.2 Å². The molecular weight excluding hydrogens is 462 g/mol. The van der Waals surface area contributed by atoms with Gasteiger partial charge in [0.15, 0.2) is 10.9 Å². The molecule has 0 saturated carbocycles. The number of aromatic nitrogens is 1. The number of thiazole rings is 1. The van der Waals surface area contributed by atoms with Gasteiger partial charge in [0, 0.05) is 18.7 Å². The minimum atomic E-state index is -3.64. The highest BCUT2D eigenvalue weighted by molar-refractivity contribution is 7.89. The lowest BCUT2D eigenvalue weighted by Crippen LogP contribution is -2.39. The van der Waals surface area contributed by atoms with Gasteiger partial charge in [-0.3, -0.25) is 4.79 Å². The molecule has 1 fully saturated rings. The van der Waals surface area contributed by atoms with Gasteiger partial charge in [-0.05, 0) is 43.7 Å². The van der Waals surface area contributed by atoms with Gasteiger partial charge in [-0.25, -0.2) is 18.2 Å². The van der Waals surface area contributed by atoms with E-state index in [0.717, 1.165) is 24.2 Å². The molecule has 0 spiro atoms. The maximum Gasteiger partial charge on any atom is 0.350 e. The van der Waals surface area contributed by atoms with Crippen LogP contribution in [-0.4, -0.2) is 55.7 Å². The molecule has 0 amide bonds. The highest BCUT2D eigenvalue weighted by Gasteiger charge is 2.29. The molecule has 1 unspecified atom stereocenters. The number of Topliss-reactive ketones (excluding diaryl/α,β-unsaturated/α-hetero) is 1. The van der Waals surface area contributed by atoms with Crippen molar-refractivity contribution in [3.8, 4) is 0 Å². The Morgan fingerprint density at radius 2 is 2.09 bits per heavy atom. The fourth-order valence-electron chi connectivity index (χ4n) is 3.57. The number of rotatable bonds is 9. The number of hydrogen-bond donors (Lipinski definition) is 1. The number of ketones is 1. The Hall–Kier alpha value is -2.30. The fourth-order valence-corrected chi connectivity index (χ4v) is 6.07. The second kappa shape index (κ2) is 10.8. The number of carbonyl (C=O) groups excluding carboxylic acids is 2. The van der Waals surface area contributed by atoms with E-state index in [0.29, 0.717) is 46.9 Å². The number of sulfonamides is 1. The SMILES string of the molecule is Cc1nc(NCC(=O)c2cccc(S(=O)(=O)N3CCCC(C)C3)c2)sc1C(=O)OCC(C)C. The van der Waals surface area contributed by atoms with Crippen LogP contribution in [0, 0.1) is 18.8 Å². The summed E-state index contributed by atoms with van der Waals surface area (Å²) in [6.07, 6.45) is 1.85. The van der Waals surface area contributed by atoms with Gasteiger partial charge in [-0.2, -0.15) is 4.31 Å². The van der Waals surface area contributed by atoms with Gasteiger partial charge in [-0.1, -0.05) is 44.2 Å². The first-order chi connectivity index (χ1) is 15.6. The minimum Gasteiger partial charge on any atom is -0.461 e. The molecule has 1 N–H and O–H groups in total. The Morgan fingerprint density at radius 3 is 2.79 bits per heavy atom. The van der Waals surface area contributed by atoms with E-state index in [9.17, 15) is 18.0 Å². The monoisotopic (exact) mass is 493 g/mol. The van der Waals surface area contributed by atoms with Gasteiger partial charge in [0.25, 0.3) is 0 Å².